The molecule has 0 spiro atoms. The predicted molar refractivity (Wildman–Crippen MR) is 88.3 cm³/mol. The van der Waals surface area contributed by atoms with Crippen LogP contribution in [0, 0.1) is 0 Å². The van der Waals surface area contributed by atoms with Crippen molar-refractivity contribution < 1.29 is 42.9 Å². The molecule has 0 unspecified atom stereocenters. The van der Waals surface area contributed by atoms with E-state index in [0.29, 0.717) is 0 Å². The number of ether oxygens (including phenoxy) is 5. The monoisotopic (exact) mass is 380 g/mol. The highest BCUT2D eigenvalue weighted by atomic mass is 16.8. The van der Waals surface area contributed by atoms with E-state index in [-0.39, 0.29) is 12.2 Å². The van der Waals surface area contributed by atoms with E-state index < -0.39 is 48.5 Å². The van der Waals surface area contributed by atoms with Gasteiger partial charge in [0.25, 0.3) is 0 Å². The third-order valence-electron chi connectivity index (χ3n) is 3.56. The quantitative estimate of drug-likeness (QED) is 0.526. The average molecular weight is 380 g/mol. The lowest BCUT2D eigenvalue weighted by Crippen LogP contribution is -2.42. The van der Waals surface area contributed by atoms with Crippen molar-refractivity contribution in [2.24, 2.45) is 0 Å². The van der Waals surface area contributed by atoms with Gasteiger partial charge in [-0.05, 0) is 12.1 Å². The highest BCUT2D eigenvalue weighted by Crippen LogP contribution is 2.29. The summed E-state index contributed by atoms with van der Waals surface area (Å²) >= 11 is 0. The van der Waals surface area contributed by atoms with E-state index in [1.165, 1.54) is 19.1 Å². The van der Waals surface area contributed by atoms with E-state index in [1.54, 1.807) is 18.2 Å². The molecule has 9 nitrogen and oxygen atoms in total. The molecule has 1 fully saturated rings. The fraction of sp³-hybridized carbons (Fsp3) is 0.444. The molecule has 0 aliphatic carbocycles. The summed E-state index contributed by atoms with van der Waals surface area (Å²) in [7, 11) is 0. The Morgan fingerprint density at radius 1 is 0.852 bits per heavy atom. The van der Waals surface area contributed by atoms with Gasteiger partial charge in [-0.2, -0.15) is 0 Å². The summed E-state index contributed by atoms with van der Waals surface area (Å²) in [6.07, 6.45) is -4.64. The highest BCUT2D eigenvalue weighted by Gasteiger charge is 2.51. The molecule has 0 radical (unpaired) electrons. The average Bonchev–Trinajstić information content (AvgIpc) is 2.89. The molecule has 0 saturated carbocycles. The standard InChI is InChI=1S/C18H20O9/c1-10(19)23-9-14-15(24-11(2)20)16(25-12(3)21)18(26-14)27-17(22)13-7-5-4-6-8-13/h4-8,14-16,18H,9H2,1-3H3/t14-,15+,16-,18-/m1/s1. The van der Waals surface area contributed by atoms with Crippen LogP contribution in [0.2, 0.25) is 0 Å². The molecule has 0 aromatic heterocycles. The second-order valence-corrected chi connectivity index (χ2v) is 5.76. The molecule has 0 amide bonds. The molecule has 1 aromatic rings. The van der Waals surface area contributed by atoms with Gasteiger partial charge < -0.3 is 23.7 Å². The number of carbonyl (C=O) groups excluding carboxylic acids is 4. The summed E-state index contributed by atoms with van der Waals surface area (Å²) in [6, 6.07) is 8.12. The van der Waals surface area contributed by atoms with Crippen LogP contribution in [0.4, 0.5) is 0 Å². The van der Waals surface area contributed by atoms with E-state index in [0.717, 1.165) is 13.8 Å². The summed E-state index contributed by atoms with van der Waals surface area (Å²) in [5.74, 6) is -2.64. The first kappa shape index (κ1) is 20.4. The summed E-state index contributed by atoms with van der Waals surface area (Å²) in [4.78, 5) is 46.3. The van der Waals surface area contributed by atoms with Gasteiger partial charge in [-0.3, -0.25) is 14.4 Å². The Morgan fingerprint density at radius 3 is 2.00 bits per heavy atom. The number of hydrogen-bond donors (Lipinski definition) is 0. The molecule has 146 valence electrons. The van der Waals surface area contributed by atoms with Gasteiger partial charge in [0, 0.05) is 20.8 Å². The fourth-order valence-corrected chi connectivity index (χ4v) is 2.52. The minimum atomic E-state index is -1.34. The summed E-state index contributed by atoms with van der Waals surface area (Å²) in [5.41, 5.74) is 0.259. The normalized spacial score (nSPS) is 24.0. The number of carbonyl (C=O) groups is 4. The van der Waals surface area contributed by atoms with E-state index in [2.05, 4.69) is 0 Å². The van der Waals surface area contributed by atoms with Gasteiger partial charge in [-0.1, -0.05) is 18.2 Å². The Balaban J connectivity index is 2.21. The van der Waals surface area contributed by atoms with Crippen LogP contribution >= 0.6 is 0 Å². The van der Waals surface area contributed by atoms with E-state index >= 15 is 0 Å². The zero-order valence-electron chi connectivity index (χ0n) is 15.1. The van der Waals surface area contributed by atoms with Crippen molar-refractivity contribution in [3.63, 3.8) is 0 Å². The zero-order chi connectivity index (χ0) is 20.0. The summed E-state index contributed by atoms with van der Waals surface area (Å²) in [6.45, 7) is 3.24. The van der Waals surface area contributed by atoms with Gasteiger partial charge in [-0.25, -0.2) is 4.79 Å². The first-order valence-electron chi connectivity index (χ1n) is 8.17. The Labute approximate surface area is 155 Å². The van der Waals surface area contributed by atoms with Crippen LogP contribution in [0.15, 0.2) is 30.3 Å². The lowest BCUT2D eigenvalue weighted by Gasteiger charge is -2.22. The summed E-state index contributed by atoms with van der Waals surface area (Å²) in [5, 5.41) is 0. The third kappa shape index (κ3) is 5.78. The second kappa shape index (κ2) is 9.13. The number of rotatable bonds is 6. The Hall–Kier alpha value is -2.94. The maximum absolute atomic E-state index is 12.3. The zero-order valence-corrected chi connectivity index (χ0v) is 15.1. The van der Waals surface area contributed by atoms with Crippen molar-refractivity contribution in [1.29, 1.82) is 0 Å². The molecule has 27 heavy (non-hydrogen) atoms. The van der Waals surface area contributed by atoms with Crippen LogP contribution in [0.25, 0.3) is 0 Å². The van der Waals surface area contributed by atoms with Gasteiger partial charge in [0.15, 0.2) is 6.10 Å². The minimum absolute atomic E-state index is 0.259. The molecule has 0 bridgehead atoms. The van der Waals surface area contributed by atoms with Crippen molar-refractivity contribution in [3.8, 4) is 0 Å². The Kier molecular flexibility index (Phi) is 6.89. The molecule has 0 N–H and O–H groups in total. The lowest BCUT2D eigenvalue weighted by molar-refractivity contribution is -0.175. The molecule has 1 heterocycles. The second-order valence-electron chi connectivity index (χ2n) is 5.76. The molecule has 4 atom stereocenters. The lowest BCUT2D eigenvalue weighted by atomic mass is 10.1. The van der Waals surface area contributed by atoms with Crippen molar-refractivity contribution in [2.45, 2.75) is 45.4 Å². The molecular formula is C18H20O9. The number of benzene rings is 1. The largest absolute Gasteiger partial charge is 0.463 e. The first-order chi connectivity index (χ1) is 12.8. The number of hydrogen-bond acceptors (Lipinski definition) is 9. The topological polar surface area (TPSA) is 114 Å². The van der Waals surface area contributed by atoms with Gasteiger partial charge in [0.05, 0.1) is 5.56 Å². The van der Waals surface area contributed by atoms with Crippen LogP contribution in [-0.2, 0) is 38.1 Å². The smallest absolute Gasteiger partial charge is 0.340 e. The summed E-state index contributed by atoms with van der Waals surface area (Å²) < 4.78 is 26.1. The van der Waals surface area contributed by atoms with Gasteiger partial charge >= 0.3 is 23.9 Å². The maximum atomic E-state index is 12.3. The molecular weight excluding hydrogens is 360 g/mol. The number of esters is 4. The highest BCUT2D eigenvalue weighted by molar-refractivity contribution is 5.89. The van der Waals surface area contributed by atoms with Crippen LogP contribution in [0.5, 0.6) is 0 Å². The van der Waals surface area contributed by atoms with E-state index in [4.69, 9.17) is 23.7 Å². The Morgan fingerprint density at radius 2 is 1.44 bits per heavy atom. The third-order valence-corrected chi connectivity index (χ3v) is 3.56. The molecule has 1 saturated heterocycles. The fourth-order valence-electron chi connectivity index (χ4n) is 2.52. The van der Waals surface area contributed by atoms with E-state index in [1.807, 2.05) is 0 Å². The van der Waals surface area contributed by atoms with Crippen LogP contribution < -0.4 is 0 Å². The minimum Gasteiger partial charge on any atom is -0.463 e. The molecule has 9 heteroatoms. The first-order valence-corrected chi connectivity index (χ1v) is 8.17. The molecule has 1 aromatic carbocycles. The Bertz CT molecular complexity index is 700. The van der Waals surface area contributed by atoms with Crippen molar-refractivity contribution in [2.75, 3.05) is 6.61 Å². The van der Waals surface area contributed by atoms with Crippen LogP contribution in [0.3, 0.4) is 0 Å². The van der Waals surface area contributed by atoms with Gasteiger partial charge in [0.2, 0.25) is 12.4 Å². The van der Waals surface area contributed by atoms with Gasteiger partial charge in [-0.15, -0.1) is 0 Å². The van der Waals surface area contributed by atoms with Crippen molar-refractivity contribution >= 4 is 23.9 Å². The van der Waals surface area contributed by atoms with E-state index in [9.17, 15) is 19.2 Å². The SMILES string of the molecule is CC(=O)OC[C@H]1O[C@H](OC(=O)c2ccccc2)[C@H](OC(C)=O)[C@H]1OC(C)=O. The molecule has 2 rings (SSSR count). The molecule has 1 aliphatic rings. The van der Waals surface area contributed by atoms with Crippen molar-refractivity contribution in [1.82, 2.24) is 0 Å². The molecule has 1 aliphatic heterocycles. The van der Waals surface area contributed by atoms with Gasteiger partial charge in [0.1, 0.15) is 12.7 Å². The maximum Gasteiger partial charge on any atom is 0.340 e. The van der Waals surface area contributed by atoms with Crippen LogP contribution in [0.1, 0.15) is 31.1 Å². The predicted octanol–water partition coefficient (Wildman–Crippen LogP) is 0.995. The van der Waals surface area contributed by atoms with Crippen LogP contribution in [-0.4, -0.2) is 55.1 Å². The van der Waals surface area contributed by atoms with Crippen molar-refractivity contribution in [3.05, 3.63) is 35.9 Å².